The number of carbonyl (C=O) groups excluding carboxylic acids is 2. The predicted molar refractivity (Wildman–Crippen MR) is 156 cm³/mol. The zero-order valence-electron chi connectivity index (χ0n) is 22.4. The second kappa shape index (κ2) is 14.8. The van der Waals surface area contributed by atoms with Crippen molar-refractivity contribution in [3.63, 3.8) is 0 Å². The van der Waals surface area contributed by atoms with Gasteiger partial charge in [-0.2, -0.15) is 4.31 Å². The topological polar surface area (TPSA) is 132 Å². The highest BCUT2D eigenvalue weighted by Crippen LogP contribution is 2.35. The van der Waals surface area contributed by atoms with Crippen LogP contribution in [-0.2, 0) is 14.8 Å². The summed E-state index contributed by atoms with van der Waals surface area (Å²) in [6.45, 7) is 4.23. The maximum atomic E-state index is 13.8. The number of benzene rings is 1. The number of hydrogen-bond acceptors (Lipinski definition) is 8. The number of rotatable bonds is 9. The first-order valence-electron chi connectivity index (χ1n) is 12.9. The number of pyridine rings is 1. The van der Waals surface area contributed by atoms with Crippen molar-refractivity contribution in [3.8, 4) is 5.75 Å². The quantitative estimate of drug-likeness (QED) is 0.249. The van der Waals surface area contributed by atoms with Gasteiger partial charge < -0.3 is 14.5 Å². The van der Waals surface area contributed by atoms with Crippen LogP contribution in [0.4, 0.5) is 5.69 Å². The summed E-state index contributed by atoms with van der Waals surface area (Å²) in [4.78, 5) is 33.2. The van der Waals surface area contributed by atoms with E-state index in [1.165, 1.54) is 15.4 Å². The zero-order chi connectivity index (χ0) is 27.2. The van der Waals surface area contributed by atoms with Crippen molar-refractivity contribution in [2.75, 3.05) is 50.8 Å². The molecular formula is C26H37Cl2N5O6S. The fraction of sp³-hybridized carbons (Fsp3) is 0.500. The third kappa shape index (κ3) is 6.98. The Bertz CT molecular complexity index is 1200. The third-order valence-electron chi connectivity index (χ3n) is 7.32. The van der Waals surface area contributed by atoms with Gasteiger partial charge in [-0.25, -0.2) is 13.9 Å². The summed E-state index contributed by atoms with van der Waals surface area (Å²) in [5.41, 5.74) is 2.94. The van der Waals surface area contributed by atoms with Crippen LogP contribution in [0.1, 0.15) is 43.0 Å². The van der Waals surface area contributed by atoms with Crippen LogP contribution >= 0.6 is 24.8 Å². The van der Waals surface area contributed by atoms with Crippen molar-refractivity contribution in [3.05, 3.63) is 54.4 Å². The molecule has 4 rings (SSSR count). The SMILES string of the molecule is CCCCOc1ccc(N2CCN(S(=O)(=O)C3(C(=O)NO)CCN(C(=O)c4cccnc4)CC3)CC2)cc1.Cl.Cl. The van der Waals surface area contributed by atoms with Crippen LogP contribution in [0.15, 0.2) is 48.8 Å². The summed E-state index contributed by atoms with van der Waals surface area (Å²) in [7, 11) is -4.13. The third-order valence-corrected chi connectivity index (χ3v) is 9.95. The first kappa shape index (κ1) is 33.6. The lowest BCUT2D eigenvalue weighted by Crippen LogP contribution is -2.64. The van der Waals surface area contributed by atoms with Crippen LogP contribution in [0.5, 0.6) is 5.75 Å². The highest BCUT2D eigenvalue weighted by atomic mass is 35.5. The Morgan fingerprint density at radius 3 is 2.23 bits per heavy atom. The average molecular weight is 619 g/mol. The standard InChI is InChI=1S/C26H35N5O6S.2ClH/c1-2-3-19-37-23-8-6-22(7-9-23)29-15-17-31(18-16-29)38(35,36)26(25(33)28-34)10-13-30(14-11-26)24(32)21-5-4-12-27-20-21;;/h4-9,12,20,34H,2-3,10-11,13-19H2,1H3,(H,28,33);2*1H. The number of carbonyl (C=O) groups is 2. The van der Waals surface area contributed by atoms with Crippen LogP contribution in [-0.4, -0.2) is 90.3 Å². The maximum Gasteiger partial charge on any atom is 0.266 e. The van der Waals surface area contributed by atoms with Gasteiger partial charge in [0.2, 0.25) is 10.0 Å². The monoisotopic (exact) mass is 617 g/mol. The van der Waals surface area contributed by atoms with Crippen molar-refractivity contribution in [2.24, 2.45) is 0 Å². The Kier molecular flexibility index (Phi) is 12.4. The molecule has 2 saturated heterocycles. The number of sulfonamides is 1. The van der Waals surface area contributed by atoms with Gasteiger partial charge in [0.1, 0.15) is 5.75 Å². The van der Waals surface area contributed by atoms with E-state index in [9.17, 15) is 23.2 Å². The van der Waals surface area contributed by atoms with E-state index in [2.05, 4.69) is 16.8 Å². The van der Waals surface area contributed by atoms with Crippen LogP contribution < -0.4 is 15.1 Å². The molecule has 11 nitrogen and oxygen atoms in total. The van der Waals surface area contributed by atoms with E-state index < -0.39 is 20.7 Å². The lowest BCUT2D eigenvalue weighted by atomic mass is 9.94. The fourth-order valence-electron chi connectivity index (χ4n) is 4.97. The summed E-state index contributed by atoms with van der Waals surface area (Å²) in [5, 5.41) is 9.46. The molecule has 0 unspecified atom stereocenters. The molecule has 2 aromatic rings. The number of unbranched alkanes of at least 4 members (excludes halogenated alkanes) is 1. The fourth-order valence-corrected chi connectivity index (χ4v) is 7.08. The van der Waals surface area contributed by atoms with Crippen molar-refractivity contribution < 1.29 is 28.0 Å². The van der Waals surface area contributed by atoms with Gasteiger partial charge in [-0.3, -0.25) is 19.8 Å². The Morgan fingerprint density at radius 2 is 1.68 bits per heavy atom. The Labute approximate surface area is 247 Å². The first-order chi connectivity index (χ1) is 18.3. The minimum atomic E-state index is -4.13. The molecule has 2 amide bonds. The number of hydroxylamine groups is 1. The van der Waals surface area contributed by atoms with E-state index in [0.29, 0.717) is 25.3 Å². The van der Waals surface area contributed by atoms with E-state index >= 15 is 0 Å². The number of aromatic nitrogens is 1. The molecule has 0 aliphatic carbocycles. The molecule has 0 atom stereocenters. The Hall–Kier alpha value is -2.64. The molecule has 3 heterocycles. The number of halogens is 2. The number of piperidine rings is 1. The number of anilines is 1. The lowest BCUT2D eigenvalue weighted by molar-refractivity contribution is -0.133. The van der Waals surface area contributed by atoms with Gasteiger partial charge in [0.25, 0.3) is 11.8 Å². The van der Waals surface area contributed by atoms with Gasteiger partial charge in [0, 0.05) is 57.3 Å². The van der Waals surface area contributed by atoms with E-state index in [-0.39, 0.29) is 69.7 Å². The summed E-state index contributed by atoms with van der Waals surface area (Å²) in [6.07, 6.45) is 4.84. The smallest absolute Gasteiger partial charge is 0.266 e. The van der Waals surface area contributed by atoms with Crippen molar-refractivity contribution in [1.29, 1.82) is 0 Å². The number of nitrogens with one attached hydrogen (secondary N) is 1. The molecule has 2 aliphatic rings. The first-order valence-corrected chi connectivity index (χ1v) is 14.4. The molecule has 222 valence electrons. The summed E-state index contributed by atoms with van der Waals surface area (Å²) in [5.74, 6) is -0.440. The van der Waals surface area contributed by atoms with Crippen LogP contribution in [0.25, 0.3) is 0 Å². The van der Waals surface area contributed by atoms with Crippen molar-refractivity contribution in [1.82, 2.24) is 19.7 Å². The number of likely N-dealkylation sites (tertiary alicyclic amines) is 1. The number of amides is 2. The van der Waals surface area contributed by atoms with Gasteiger partial charge in [-0.15, -0.1) is 24.8 Å². The van der Waals surface area contributed by atoms with Crippen LogP contribution in [0, 0.1) is 0 Å². The maximum absolute atomic E-state index is 13.8. The Balaban J connectivity index is 0.00000280. The van der Waals surface area contributed by atoms with Crippen molar-refractivity contribution in [2.45, 2.75) is 37.4 Å². The predicted octanol–water partition coefficient (Wildman–Crippen LogP) is 2.74. The number of piperazine rings is 1. The number of hydrogen-bond donors (Lipinski definition) is 2. The lowest BCUT2D eigenvalue weighted by Gasteiger charge is -2.44. The normalized spacial score (nSPS) is 17.2. The summed E-state index contributed by atoms with van der Waals surface area (Å²) < 4.78 is 32.9. The van der Waals surface area contributed by atoms with E-state index in [1.807, 2.05) is 24.3 Å². The highest BCUT2D eigenvalue weighted by molar-refractivity contribution is 7.91. The second-order valence-electron chi connectivity index (χ2n) is 9.56. The Morgan fingerprint density at radius 1 is 1.02 bits per heavy atom. The molecular weight excluding hydrogens is 581 g/mol. The average Bonchev–Trinajstić information content (AvgIpc) is 2.97. The molecule has 1 aromatic heterocycles. The number of nitrogens with zero attached hydrogens (tertiary/aromatic N) is 4. The van der Waals surface area contributed by atoms with Gasteiger partial charge in [-0.05, 0) is 55.7 Å². The van der Waals surface area contributed by atoms with Gasteiger partial charge in [0.05, 0.1) is 12.2 Å². The van der Waals surface area contributed by atoms with E-state index in [0.717, 1.165) is 24.3 Å². The molecule has 2 N–H and O–H groups in total. The van der Waals surface area contributed by atoms with E-state index in [1.54, 1.807) is 23.8 Å². The molecule has 0 saturated carbocycles. The summed E-state index contributed by atoms with van der Waals surface area (Å²) >= 11 is 0. The molecule has 2 aliphatic heterocycles. The van der Waals surface area contributed by atoms with Crippen molar-refractivity contribution >= 4 is 52.3 Å². The second-order valence-corrected chi connectivity index (χ2v) is 11.8. The minimum absolute atomic E-state index is 0. The highest BCUT2D eigenvalue weighted by Gasteiger charge is 2.55. The molecule has 1 aromatic carbocycles. The van der Waals surface area contributed by atoms with Gasteiger partial charge in [-0.1, -0.05) is 13.3 Å². The molecule has 40 heavy (non-hydrogen) atoms. The summed E-state index contributed by atoms with van der Waals surface area (Å²) in [6, 6.07) is 11.0. The van der Waals surface area contributed by atoms with Crippen LogP contribution in [0.3, 0.4) is 0 Å². The largest absolute Gasteiger partial charge is 0.494 e. The molecule has 0 radical (unpaired) electrons. The molecule has 0 spiro atoms. The molecule has 0 bridgehead atoms. The number of ether oxygens (including phenoxy) is 1. The van der Waals surface area contributed by atoms with Gasteiger partial charge in [0.15, 0.2) is 4.75 Å². The molecule has 2 fully saturated rings. The van der Waals surface area contributed by atoms with Gasteiger partial charge >= 0.3 is 0 Å². The molecule has 14 heteroatoms. The van der Waals surface area contributed by atoms with Crippen LogP contribution in [0.2, 0.25) is 0 Å². The zero-order valence-corrected chi connectivity index (χ0v) is 24.8. The van der Waals surface area contributed by atoms with E-state index in [4.69, 9.17) is 4.74 Å². The minimum Gasteiger partial charge on any atom is -0.494 e.